The molecule has 2 saturated carbocycles. The average Bonchev–Trinajstić information content (AvgIpc) is 2.74. The number of hydrogen-bond donors (Lipinski definition) is 2. The Morgan fingerprint density at radius 3 is 2.64 bits per heavy atom. The normalized spacial score (nSPS) is 52.0. The minimum absolute atomic E-state index is 0.0288. The number of carbonyl (C=O) groups is 1. The van der Waals surface area contributed by atoms with E-state index in [0.29, 0.717) is 24.2 Å². The molecule has 0 spiro atoms. The summed E-state index contributed by atoms with van der Waals surface area (Å²) in [4.78, 5) is 11.9. The van der Waals surface area contributed by atoms with E-state index in [-0.39, 0.29) is 29.1 Å². The molecule has 4 aliphatic rings. The van der Waals surface area contributed by atoms with Crippen molar-refractivity contribution in [2.75, 3.05) is 6.61 Å². The van der Waals surface area contributed by atoms with E-state index in [4.69, 9.17) is 0 Å². The van der Waals surface area contributed by atoms with Crippen LogP contribution in [0.1, 0.15) is 59.8 Å². The Hall–Kier alpha value is -0.930. The molecule has 4 rings (SSSR count). The minimum Gasteiger partial charge on any atom is -0.393 e. The van der Waals surface area contributed by atoms with Crippen LogP contribution in [-0.2, 0) is 4.79 Å². The topological polar surface area (TPSA) is 57.5 Å². The molecule has 3 nitrogen and oxygen atoms in total. The van der Waals surface area contributed by atoms with Gasteiger partial charge < -0.3 is 10.2 Å². The molecule has 2 N–H and O–H groups in total. The third-order valence-electron chi connectivity index (χ3n) is 8.93. The number of fused-ring (bicyclic) bond motifs is 5. The van der Waals surface area contributed by atoms with Gasteiger partial charge in [0.1, 0.15) is 0 Å². The largest absolute Gasteiger partial charge is 0.393 e. The Morgan fingerprint density at radius 1 is 1.24 bits per heavy atom. The smallest absolute Gasteiger partial charge is 0.155 e. The van der Waals surface area contributed by atoms with Crippen LogP contribution in [-0.4, -0.2) is 28.2 Å². The average molecular weight is 344 g/mol. The lowest BCUT2D eigenvalue weighted by molar-refractivity contribution is -0.130. The molecule has 3 heteroatoms. The van der Waals surface area contributed by atoms with E-state index in [9.17, 15) is 15.0 Å². The van der Waals surface area contributed by atoms with Crippen molar-refractivity contribution in [3.8, 4) is 0 Å². The van der Waals surface area contributed by atoms with E-state index >= 15 is 0 Å². The zero-order valence-electron chi connectivity index (χ0n) is 16.0. The minimum atomic E-state index is -1.00. The van der Waals surface area contributed by atoms with E-state index in [2.05, 4.69) is 33.8 Å². The lowest BCUT2D eigenvalue weighted by Gasteiger charge is -2.55. The molecule has 0 bridgehead atoms. The summed E-state index contributed by atoms with van der Waals surface area (Å²) in [7, 11) is 0. The Labute approximate surface area is 151 Å². The van der Waals surface area contributed by atoms with Crippen LogP contribution in [0.15, 0.2) is 23.3 Å². The Morgan fingerprint density at radius 2 is 1.96 bits per heavy atom. The van der Waals surface area contributed by atoms with Gasteiger partial charge in [0, 0.05) is 17.3 Å². The summed E-state index contributed by atoms with van der Waals surface area (Å²) in [6, 6.07) is 0. The Balaban J connectivity index is 1.81. The quantitative estimate of drug-likeness (QED) is 0.714. The first kappa shape index (κ1) is 17.5. The predicted octanol–water partition coefficient (Wildman–Crippen LogP) is 3.65. The highest BCUT2D eigenvalue weighted by molar-refractivity contribution is 5.92. The molecule has 0 amide bonds. The van der Waals surface area contributed by atoms with Crippen molar-refractivity contribution in [1.82, 2.24) is 0 Å². The van der Waals surface area contributed by atoms with E-state index in [1.807, 2.05) is 6.08 Å². The summed E-state index contributed by atoms with van der Waals surface area (Å²) in [6.45, 7) is 8.74. The zero-order valence-corrected chi connectivity index (χ0v) is 16.0. The molecule has 0 aliphatic heterocycles. The number of carbonyl (C=O) groups excluding carboxylic acids is 1. The monoisotopic (exact) mass is 344 g/mol. The molecular formula is C22H32O3. The van der Waals surface area contributed by atoms with Crippen LogP contribution in [0.2, 0.25) is 0 Å². The number of hydrogen-bond acceptors (Lipinski definition) is 3. The van der Waals surface area contributed by atoms with Gasteiger partial charge in [0.15, 0.2) is 5.78 Å². The first-order valence-electron chi connectivity index (χ1n) is 9.96. The van der Waals surface area contributed by atoms with Crippen molar-refractivity contribution >= 4 is 5.78 Å². The Kier molecular flexibility index (Phi) is 3.70. The fourth-order valence-electron chi connectivity index (χ4n) is 7.17. The summed E-state index contributed by atoms with van der Waals surface area (Å²) in [5.41, 5.74) is 1.60. The standard InChI is InChI=1S/C22H32O3/c1-13-14(2)22(25,12-23)21(4)10-8-18-17(19(13)21)6-5-15-11-16(24)7-9-20(15,18)3/h8,11,13-14,17,19,23,25H,5-7,9-10,12H2,1-4H3/t13-,14+,17?,19?,20+,21+,22+/m1/s1. The van der Waals surface area contributed by atoms with Crippen LogP contribution in [0, 0.1) is 34.5 Å². The third kappa shape index (κ3) is 1.97. The number of aliphatic hydroxyl groups is 2. The number of rotatable bonds is 1. The maximum Gasteiger partial charge on any atom is 0.155 e. The summed E-state index contributed by atoms with van der Waals surface area (Å²) in [6.07, 6.45) is 8.76. The molecule has 7 atom stereocenters. The van der Waals surface area contributed by atoms with E-state index < -0.39 is 5.60 Å². The molecule has 2 fully saturated rings. The molecule has 25 heavy (non-hydrogen) atoms. The van der Waals surface area contributed by atoms with Gasteiger partial charge in [0.05, 0.1) is 12.2 Å². The van der Waals surface area contributed by atoms with Crippen LogP contribution >= 0.6 is 0 Å². The molecule has 0 saturated heterocycles. The van der Waals surface area contributed by atoms with Gasteiger partial charge in [-0.25, -0.2) is 0 Å². The van der Waals surface area contributed by atoms with Gasteiger partial charge in [-0.1, -0.05) is 44.9 Å². The highest BCUT2D eigenvalue weighted by Gasteiger charge is 2.67. The third-order valence-corrected chi connectivity index (χ3v) is 8.93. The van der Waals surface area contributed by atoms with Gasteiger partial charge in [0.25, 0.3) is 0 Å². The summed E-state index contributed by atoms with van der Waals surface area (Å²) < 4.78 is 0. The molecule has 2 unspecified atom stereocenters. The molecular weight excluding hydrogens is 312 g/mol. The first-order chi connectivity index (χ1) is 11.7. The van der Waals surface area contributed by atoms with Gasteiger partial charge in [-0.2, -0.15) is 0 Å². The van der Waals surface area contributed by atoms with E-state index in [1.165, 1.54) is 11.1 Å². The van der Waals surface area contributed by atoms with Gasteiger partial charge in [-0.3, -0.25) is 4.79 Å². The Bertz CT molecular complexity index is 677. The van der Waals surface area contributed by atoms with Gasteiger partial charge in [-0.15, -0.1) is 0 Å². The van der Waals surface area contributed by atoms with Crippen molar-refractivity contribution in [2.24, 2.45) is 34.5 Å². The van der Waals surface area contributed by atoms with Crippen molar-refractivity contribution in [1.29, 1.82) is 0 Å². The molecule has 4 aliphatic carbocycles. The number of aliphatic hydroxyl groups excluding tert-OH is 1. The highest BCUT2D eigenvalue weighted by Crippen LogP contribution is 2.68. The van der Waals surface area contributed by atoms with E-state index in [1.54, 1.807) is 0 Å². The molecule has 0 radical (unpaired) electrons. The fourth-order valence-corrected chi connectivity index (χ4v) is 7.17. The molecule has 0 heterocycles. The van der Waals surface area contributed by atoms with Crippen molar-refractivity contribution in [3.05, 3.63) is 23.3 Å². The second-order valence-corrected chi connectivity index (χ2v) is 9.65. The zero-order chi connectivity index (χ0) is 18.2. The van der Waals surface area contributed by atoms with Crippen molar-refractivity contribution in [3.63, 3.8) is 0 Å². The van der Waals surface area contributed by atoms with Crippen LogP contribution in [0.5, 0.6) is 0 Å². The molecule has 0 aromatic carbocycles. The lowest BCUT2D eigenvalue weighted by atomic mass is 9.50. The van der Waals surface area contributed by atoms with Gasteiger partial charge >= 0.3 is 0 Å². The van der Waals surface area contributed by atoms with Crippen LogP contribution < -0.4 is 0 Å². The summed E-state index contributed by atoms with van der Waals surface area (Å²) in [5.74, 6) is 1.63. The summed E-state index contributed by atoms with van der Waals surface area (Å²) >= 11 is 0. The molecule has 138 valence electrons. The summed E-state index contributed by atoms with van der Waals surface area (Å²) in [5, 5.41) is 21.4. The van der Waals surface area contributed by atoms with Gasteiger partial charge in [0.2, 0.25) is 0 Å². The molecule has 0 aromatic heterocycles. The second-order valence-electron chi connectivity index (χ2n) is 9.65. The SMILES string of the molecule is C[C@H]1C2C3CCC4=CC(=O)CC[C@]4(C)C3=CC[C@]2(C)[C@](O)(CO)[C@H]1C. The lowest BCUT2D eigenvalue weighted by Crippen LogP contribution is -2.54. The maximum atomic E-state index is 11.9. The highest BCUT2D eigenvalue weighted by atomic mass is 16.3. The van der Waals surface area contributed by atoms with Crippen molar-refractivity contribution in [2.45, 2.75) is 65.4 Å². The predicted molar refractivity (Wildman–Crippen MR) is 97.8 cm³/mol. The van der Waals surface area contributed by atoms with Crippen LogP contribution in [0.3, 0.4) is 0 Å². The number of allylic oxidation sites excluding steroid dienone is 4. The number of ketones is 1. The first-order valence-corrected chi connectivity index (χ1v) is 9.96. The van der Waals surface area contributed by atoms with Crippen LogP contribution in [0.4, 0.5) is 0 Å². The maximum absolute atomic E-state index is 11.9. The van der Waals surface area contributed by atoms with Gasteiger partial charge in [-0.05, 0) is 55.4 Å². The van der Waals surface area contributed by atoms with Crippen LogP contribution in [0.25, 0.3) is 0 Å². The fraction of sp³-hybridized carbons (Fsp3) is 0.773. The molecule has 0 aromatic rings. The van der Waals surface area contributed by atoms with E-state index in [0.717, 1.165) is 25.7 Å². The van der Waals surface area contributed by atoms with Crippen molar-refractivity contribution < 1.29 is 15.0 Å². The second kappa shape index (κ2) is 5.29.